The summed E-state index contributed by atoms with van der Waals surface area (Å²) in [6.45, 7) is 5.28. The van der Waals surface area contributed by atoms with Crippen molar-refractivity contribution in [3.63, 3.8) is 0 Å². The fourth-order valence-electron chi connectivity index (χ4n) is 2.13. The Labute approximate surface area is 106 Å². The molecule has 3 rings (SSSR count). The van der Waals surface area contributed by atoms with Gasteiger partial charge in [0.05, 0.1) is 12.7 Å². The molecule has 5 heteroatoms. The first kappa shape index (κ1) is 11.5. The van der Waals surface area contributed by atoms with Gasteiger partial charge in [-0.25, -0.2) is 4.98 Å². The van der Waals surface area contributed by atoms with E-state index in [0.717, 1.165) is 43.0 Å². The lowest BCUT2D eigenvalue weighted by Crippen LogP contribution is -2.42. The number of oxazole rings is 1. The van der Waals surface area contributed by atoms with E-state index < -0.39 is 0 Å². The zero-order valence-electron chi connectivity index (χ0n) is 10.4. The van der Waals surface area contributed by atoms with Gasteiger partial charge in [-0.3, -0.25) is 0 Å². The van der Waals surface area contributed by atoms with Gasteiger partial charge in [0.2, 0.25) is 0 Å². The third-order valence-corrected chi connectivity index (χ3v) is 3.03. The maximum Gasteiger partial charge on any atom is 0.192 e. The molecule has 1 atom stereocenters. The van der Waals surface area contributed by atoms with E-state index in [2.05, 4.69) is 15.6 Å². The Hall–Kier alpha value is -1.59. The summed E-state index contributed by atoms with van der Waals surface area (Å²) in [5, 5.41) is 6.67. The van der Waals surface area contributed by atoms with Crippen LogP contribution in [0.25, 0.3) is 11.1 Å². The van der Waals surface area contributed by atoms with Crippen molar-refractivity contribution in [2.24, 2.45) is 0 Å². The zero-order chi connectivity index (χ0) is 12.4. The van der Waals surface area contributed by atoms with Gasteiger partial charge >= 0.3 is 0 Å². The van der Waals surface area contributed by atoms with Gasteiger partial charge < -0.3 is 19.8 Å². The Bertz CT molecular complexity index is 532. The van der Waals surface area contributed by atoms with Gasteiger partial charge in [0.25, 0.3) is 0 Å². The van der Waals surface area contributed by atoms with Crippen LogP contribution in [0.2, 0.25) is 0 Å². The molecule has 2 aromatic rings. The average molecular weight is 247 g/mol. The number of aromatic nitrogens is 1. The number of nitrogens with zero attached hydrogens (tertiary/aromatic N) is 1. The summed E-state index contributed by atoms with van der Waals surface area (Å²) in [5.41, 5.74) is 2.75. The van der Waals surface area contributed by atoms with E-state index in [4.69, 9.17) is 9.15 Å². The first-order chi connectivity index (χ1) is 8.81. The van der Waals surface area contributed by atoms with Gasteiger partial charge in [0.15, 0.2) is 11.5 Å². The van der Waals surface area contributed by atoms with Gasteiger partial charge in [-0.1, -0.05) is 0 Å². The van der Waals surface area contributed by atoms with Gasteiger partial charge in [-0.15, -0.1) is 0 Å². The van der Waals surface area contributed by atoms with E-state index in [1.54, 1.807) is 0 Å². The van der Waals surface area contributed by atoms with Crippen molar-refractivity contribution in [2.75, 3.05) is 31.6 Å². The molecule has 1 aliphatic heterocycles. The van der Waals surface area contributed by atoms with E-state index >= 15 is 0 Å². The molecule has 5 nitrogen and oxygen atoms in total. The van der Waals surface area contributed by atoms with Crippen molar-refractivity contribution in [1.82, 2.24) is 10.3 Å². The highest BCUT2D eigenvalue weighted by atomic mass is 16.5. The molecule has 0 saturated carbocycles. The second-order valence-corrected chi connectivity index (χ2v) is 4.49. The number of aryl methyl sites for hydroxylation is 1. The fourth-order valence-corrected chi connectivity index (χ4v) is 2.13. The van der Waals surface area contributed by atoms with Crippen LogP contribution in [-0.2, 0) is 4.74 Å². The molecule has 1 aromatic heterocycles. The Morgan fingerprint density at radius 2 is 2.44 bits per heavy atom. The molecule has 1 fully saturated rings. The minimum absolute atomic E-state index is 0.228. The van der Waals surface area contributed by atoms with Crippen molar-refractivity contribution >= 4 is 16.8 Å². The highest BCUT2D eigenvalue weighted by molar-refractivity contribution is 5.77. The van der Waals surface area contributed by atoms with Crippen LogP contribution < -0.4 is 10.6 Å². The standard InChI is InChI=1S/C13H17N3O2/c1-9-16-12-3-2-10(6-13(12)18-9)15-8-11-7-14-4-5-17-11/h2-3,6,11,14-15H,4-5,7-8H2,1H3. The molecule has 2 N–H and O–H groups in total. The van der Waals surface area contributed by atoms with E-state index in [-0.39, 0.29) is 6.10 Å². The highest BCUT2D eigenvalue weighted by Crippen LogP contribution is 2.19. The number of nitrogens with one attached hydrogen (secondary N) is 2. The lowest BCUT2D eigenvalue weighted by atomic mass is 10.2. The summed E-state index contributed by atoms with van der Waals surface area (Å²) in [5.74, 6) is 0.696. The number of morpholine rings is 1. The topological polar surface area (TPSA) is 59.3 Å². The van der Waals surface area contributed by atoms with Gasteiger partial charge in [0, 0.05) is 38.3 Å². The molecular weight excluding hydrogens is 230 g/mol. The second kappa shape index (κ2) is 4.96. The molecule has 18 heavy (non-hydrogen) atoms. The minimum Gasteiger partial charge on any atom is -0.441 e. The Balaban J connectivity index is 1.66. The Morgan fingerprint density at radius 3 is 3.28 bits per heavy atom. The monoisotopic (exact) mass is 247 g/mol. The number of fused-ring (bicyclic) bond motifs is 1. The van der Waals surface area contributed by atoms with Crippen LogP contribution in [0.3, 0.4) is 0 Å². The number of hydrogen-bond donors (Lipinski definition) is 2. The van der Waals surface area contributed by atoms with Crippen LogP contribution in [0.4, 0.5) is 5.69 Å². The lowest BCUT2D eigenvalue weighted by Gasteiger charge is -2.24. The molecule has 0 bridgehead atoms. The van der Waals surface area contributed by atoms with Crippen molar-refractivity contribution in [3.05, 3.63) is 24.1 Å². The number of rotatable bonds is 3. The lowest BCUT2D eigenvalue weighted by molar-refractivity contribution is 0.0372. The average Bonchev–Trinajstić information content (AvgIpc) is 2.77. The zero-order valence-corrected chi connectivity index (χ0v) is 10.4. The molecule has 0 amide bonds. The van der Waals surface area contributed by atoms with Gasteiger partial charge in [0.1, 0.15) is 5.52 Å². The third-order valence-electron chi connectivity index (χ3n) is 3.03. The molecular formula is C13H17N3O2. The molecule has 96 valence electrons. The number of anilines is 1. The molecule has 0 aliphatic carbocycles. The molecule has 2 heterocycles. The molecule has 0 spiro atoms. The first-order valence-electron chi connectivity index (χ1n) is 6.25. The SMILES string of the molecule is Cc1nc2ccc(NCC3CNCCO3)cc2o1. The first-order valence-corrected chi connectivity index (χ1v) is 6.25. The summed E-state index contributed by atoms with van der Waals surface area (Å²) >= 11 is 0. The largest absolute Gasteiger partial charge is 0.441 e. The molecule has 1 saturated heterocycles. The number of benzene rings is 1. The summed E-state index contributed by atoms with van der Waals surface area (Å²) in [6.07, 6.45) is 0.228. The maximum atomic E-state index is 5.63. The summed E-state index contributed by atoms with van der Waals surface area (Å²) in [7, 11) is 0. The summed E-state index contributed by atoms with van der Waals surface area (Å²) in [4.78, 5) is 4.28. The summed E-state index contributed by atoms with van der Waals surface area (Å²) in [6, 6.07) is 5.96. The number of hydrogen-bond acceptors (Lipinski definition) is 5. The van der Waals surface area contributed by atoms with Crippen molar-refractivity contribution in [2.45, 2.75) is 13.0 Å². The van der Waals surface area contributed by atoms with E-state index in [1.807, 2.05) is 25.1 Å². The normalized spacial score (nSPS) is 20.2. The molecule has 1 unspecified atom stereocenters. The van der Waals surface area contributed by atoms with Crippen molar-refractivity contribution in [1.29, 1.82) is 0 Å². The van der Waals surface area contributed by atoms with Gasteiger partial charge in [-0.05, 0) is 12.1 Å². The van der Waals surface area contributed by atoms with E-state index in [9.17, 15) is 0 Å². The van der Waals surface area contributed by atoms with Crippen LogP contribution in [0.15, 0.2) is 22.6 Å². The second-order valence-electron chi connectivity index (χ2n) is 4.49. The summed E-state index contributed by atoms with van der Waals surface area (Å²) < 4.78 is 11.1. The van der Waals surface area contributed by atoms with Crippen LogP contribution >= 0.6 is 0 Å². The molecule has 1 aliphatic rings. The van der Waals surface area contributed by atoms with Crippen LogP contribution in [0, 0.1) is 6.92 Å². The van der Waals surface area contributed by atoms with Crippen LogP contribution in [-0.4, -0.2) is 37.3 Å². The predicted molar refractivity (Wildman–Crippen MR) is 69.8 cm³/mol. The quantitative estimate of drug-likeness (QED) is 0.861. The Morgan fingerprint density at radius 1 is 1.50 bits per heavy atom. The molecule has 1 aromatic carbocycles. The van der Waals surface area contributed by atoms with Crippen LogP contribution in [0.1, 0.15) is 5.89 Å². The van der Waals surface area contributed by atoms with E-state index in [0.29, 0.717) is 5.89 Å². The smallest absolute Gasteiger partial charge is 0.192 e. The van der Waals surface area contributed by atoms with Crippen molar-refractivity contribution in [3.8, 4) is 0 Å². The predicted octanol–water partition coefficient (Wildman–Crippen LogP) is 1.54. The van der Waals surface area contributed by atoms with E-state index in [1.165, 1.54) is 0 Å². The van der Waals surface area contributed by atoms with Gasteiger partial charge in [-0.2, -0.15) is 0 Å². The van der Waals surface area contributed by atoms with Crippen LogP contribution in [0.5, 0.6) is 0 Å². The van der Waals surface area contributed by atoms with Crippen molar-refractivity contribution < 1.29 is 9.15 Å². The molecule has 0 radical (unpaired) electrons. The highest BCUT2D eigenvalue weighted by Gasteiger charge is 2.12. The fraction of sp³-hybridized carbons (Fsp3) is 0.462. The Kier molecular flexibility index (Phi) is 3.17. The third kappa shape index (κ3) is 2.47. The number of ether oxygens (including phenoxy) is 1. The maximum absolute atomic E-state index is 5.63. The minimum atomic E-state index is 0.228.